The summed E-state index contributed by atoms with van der Waals surface area (Å²) in [5.41, 5.74) is 1.02. The van der Waals surface area contributed by atoms with Gasteiger partial charge in [-0.15, -0.1) is 0 Å². The highest BCUT2D eigenvalue weighted by Crippen LogP contribution is 2.21. The molecule has 0 saturated heterocycles. The van der Waals surface area contributed by atoms with Crippen LogP contribution in [0.4, 0.5) is 0 Å². The lowest BCUT2D eigenvalue weighted by Gasteiger charge is -2.22. The van der Waals surface area contributed by atoms with Gasteiger partial charge in [0.2, 0.25) is 15.9 Å². The standard InChI is InChI=1S/C20H24N2O4S/c1-26-18-9-11-19(12-10-18)27(24,25)22(15-20(23)21-17-7-8-17)14-13-16-5-3-2-4-6-16/h2-6,9-12,17H,7-8,13-15H2,1H3,(H,21,23). The van der Waals surface area contributed by atoms with Crippen molar-refractivity contribution in [3.63, 3.8) is 0 Å². The number of amides is 1. The van der Waals surface area contributed by atoms with Crippen molar-refractivity contribution in [2.24, 2.45) is 0 Å². The largest absolute Gasteiger partial charge is 0.497 e. The maximum Gasteiger partial charge on any atom is 0.243 e. The van der Waals surface area contributed by atoms with Crippen LogP contribution in [-0.2, 0) is 21.2 Å². The number of hydrogen-bond donors (Lipinski definition) is 1. The predicted octanol–water partition coefficient (Wildman–Crippen LogP) is 2.21. The first-order valence-corrected chi connectivity index (χ1v) is 10.4. The van der Waals surface area contributed by atoms with Gasteiger partial charge in [-0.3, -0.25) is 4.79 Å². The number of carbonyl (C=O) groups is 1. The molecule has 1 N–H and O–H groups in total. The number of carbonyl (C=O) groups excluding carboxylic acids is 1. The first-order valence-electron chi connectivity index (χ1n) is 8.96. The average Bonchev–Trinajstić information content (AvgIpc) is 3.49. The van der Waals surface area contributed by atoms with Gasteiger partial charge in [0.1, 0.15) is 5.75 Å². The number of sulfonamides is 1. The van der Waals surface area contributed by atoms with E-state index in [0.717, 1.165) is 18.4 Å². The fourth-order valence-corrected chi connectivity index (χ4v) is 4.14. The topological polar surface area (TPSA) is 75.7 Å². The van der Waals surface area contributed by atoms with Crippen molar-refractivity contribution in [3.05, 3.63) is 60.2 Å². The van der Waals surface area contributed by atoms with E-state index in [0.29, 0.717) is 12.2 Å². The fourth-order valence-electron chi connectivity index (χ4n) is 2.74. The average molecular weight is 388 g/mol. The van der Waals surface area contributed by atoms with Crippen molar-refractivity contribution in [1.29, 1.82) is 0 Å². The summed E-state index contributed by atoms with van der Waals surface area (Å²) in [6.07, 6.45) is 2.45. The van der Waals surface area contributed by atoms with Gasteiger partial charge < -0.3 is 10.1 Å². The molecule has 1 aliphatic carbocycles. The van der Waals surface area contributed by atoms with E-state index in [2.05, 4.69) is 5.32 Å². The molecule has 0 aromatic heterocycles. The number of ether oxygens (including phenoxy) is 1. The van der Waals surface area contributed by atoms with Gasteiger partial charge in [0.05, 0.1) is 18.6 Å². The lowest BCUT2D eigenvalue weighted by Crippen LogP contribution is -2.42. The van der Waals surface area contributed by atoms with Gasteiger partial charge in [0.25, 0.3) is 0 Å². The number of benzene rings is 2. The highest BCUT2D eigenvalue weighted by atomic mass is 32.2. The SMILES string of the molecule is COc1ccc(S(=O)(=O)N(CCc2ccccc2)CC(=O)NC2CC2)cc1. The Morgan fingerprint density at radius 1 is 1.11 bits per heavy atom. The van der Waals surface area contributed by atoms with E-state index >= 15 is 0 Å². The maximum absolute atomic E-state index is 13.1. The second-order valence-corrected chi connectivity index (χ2v) is 8.53. The van der Waals surface area contributed by atoms with Gasteiger partial charge in [-0.2, -0.15) is 4.31 Å². The summed E-state index contributed by atoms with van der Waals surface area (Å²) >= 11 is 0. The van der Waals surface area contributed by atoms with Crippen LogP contribution in [0.1, 0.15) is 18.4 Å². The molecule has 7 heteroatoms. The van der Waals surface area contributed by atoms with Gasteiger partial charge in [0.15, 0.2) is 0 Å². The van der Waals surface area contributed by atoms with E-state index in [9.17, 15) is 13.2 Å². The first-order chi connectivity index (χ1) is 13.0. The Balaban J connectivity index is 1.78. The van der Waals surface area contributed by atoms with Crippen molar-refractivity contribution < 1.29 is 17.9 Å². The predicted molar refractivity (Wildman–Crippen MR) is 103 cm³/mol. The quantitative estimate of drug-likeness (QED) is 0.715. The van der Waals surface area contributed by atoms with Crippen LogP contribution in [0.3, 0.4) is 0 Å². The molecule has 2 aromatic rings. The van der Waals surface area contributed by atoms with Crippen LogP contribution in [-0.4, -0.2) is 44.9 Å². The monoisotopic (exact) mass is 388 g/mol. The molecule has 6 nitrogen and oxygen atoms in total. The molecule has 0 radical (unpaired) electrons. The van der Waals surface area contributed by atoms with E-state index in [1.54, 1.807) is 12.1 Å². The lowest BCUT2D eigenvalue weighted by molar-refractivity contribution is -0.121. The third-order valence-corrected chi connectivity index (χ3v) is 6.31. The Labute approximate surface area is 160 Å². The molecule has 27 heavy (non-hydrogen) atoms. The molecule has 144 valence electrons. The maximum atomic E-state index is 13.1. The summed E-state index contributed by atoms with van der Waals surface area (Å²) in [5, 5.41) is 2.86. The molecule has 1 aliphatic rings. The Bertz CT molecular complexity index is 863. The van der Waals surface area contributed by atoms with Crippen LogP contribution in [0.15, 0.2) is 59.5 Å². The number of nitrogens with zero attached hydrogens (tertiary/aromatic N) is 1. The van der Waals surface area contributed by atoms with E-state index in [1.807, 2.05) is 30.3 Å². The molecular weight excluding hydrogens is 364 g/mol. The van der Waals surface area contributed by atoms with E-state index in [4.69, 9.17) is 4.74 Å². The van der Waals surface area contributed by atoms with E-state index < -0.39 is 10.0 Å². The number of rotatable bonds is 9. The zero-order chi connectivity index (χ0) is 19.3. The highest BCUT2D eigenvalue weighted by Gasteiger charge is 2.29. The summed E-state index contributed by atoms with van der Waals surface area (Å²) in [4.78, 5) is 12.4. The van der Waals surface area contributed by atoms with E-state index in [-0.39, 0.29) is 29.9 Å². The Kier molecular flexibility index (Phi) is 6.13. The molecule has 0 unspecified atom stereocenters. The van der Waals surface area contributed by atoms with Crippen molar-refractivity contribution in [2.75, 3.05) is 20.2 Å². The summed E-state index contributed by atoms with van der Waals surface area (Å²) in [6.45, 7) is 0.0498. The smallest absolute Gasteiger partial charge is 0.243 e. The van der Waals surface area contributed by atoms with Crippen LogP contribution < -0.4 is 10.1 Å². The van der Waals surface area contributed by atoms with Crippen LogP contribution in [0.2, 0.25) is 0 Å². The summed E-state index contributed by atoms with van der Waals surface area (Å²) < 4.78 is 32.5. The fraction of sp³-hybridized carbons (Fsp3) is 0.350. The second kappa shape index (κ2) is 8.54. The molecule has 1 amide bonds. The molecular formula is C20H24N2O4S. The van der Waals surface area contributed by atoms with Crippen molar-refractivity contribution >= 4 is 15.9 Å². The number of nitrogens with one attached hydrogen (secondary N) is 1. The molecule has 1 fully saturated rings. The molecule has 0 aliphatic heterocycles. The van der Waals surface area contributed by atoms with Crippen LogP contribution in [0.25, 0.3) is 0 Å². The Morgan fingerprint density at radius 3 is 2.37 bits per heavy atom. The zero-order valence-electron chi connectivity index (χ0n) is 15.3. The minimum atomic E-state index is -3.79. The molecule has 1 saturated carbocycles. The Hall–Kier alpha value is -2.38. The minimum Gasteiger partial charge on any atom is -0.497 e. The van der Waals surface area contributed by atoms with Gasteiger partial charge >= 0.3 is 0 Å². The number of methoxy groups -OCH3 is 1. The third-order valence-electron chi connectivity index (χ3n) is 4.45. The third kappa shape index (κ3) is 5.30. The Morgan fingerprint density at radius 2 is 1.78 bits per heavy atom. The molecule has 2 aromatic carbocycles. The van der Waals surface area contributed by atoms with E-state index in [1.165, 1.54) is 23.5 Å². The lowest BCUT2D eigenvalue weighted by atomic mass is 10.1. The van der Waals surface area contributed by atoms with Gasteiger partial charge in [-0.25, -0.2) is 8.42 Å². The van der Waals surface area contributed by atoms with Crippen LogP contribution in [0.5, 0.6) is 5.75 Å². The van der Waals surface area contributed by atoms with Crippen molar-refractivity contribution in [2.45, 2.75) is 30.2 Å². The highest BCUT2D eigenvalue weighted by molar-refractivity contribution is 7.89. The second-order valence-electron chi connectivity index (χ2n) is 6.59. The molecule has 3 rings (SSSR count). The summed E-state index contributed by atoms with van der Waals surface area (Å²) in [5.74, 6) is 0.318. The molecule has 0 bridgehead atoms. The van der Waals surface area contributed by atoms with Gasteiger partial charge in [0, 0.05) is 12.6 Å². The summed E-state index contributed by atoms with van der Waals surface area (Å²) in [6, 6.07) is 16.0. The van der Waals surface area contributed by atoms with Crippen LogP contribution >= 0.6 is 0 Å². The molecule has 0 atom stereocenters. The van der Waals surface area contributed by atoms with Gasteiger partial charge in [-0.05, 0) is 49.1 Å². The van der Waals surface area contributed by atoms with Crippen molar-refractivity contribution in [3.8, 4) is 5.75 Å². The summed E-state index contributed by atoms with van der Waals surface area (Å²) in [7, 11) is -2.26. The normalized spacial score (nSPS) is 14.1. The molecule has 0 heterocycles. The molecule has 0 spiro atoms. The first kappa shape index (κ1) is 19.4. The van der Waals surface area contributed by atoms with Crippen LogP contribution in [0, 0.1) is 0 Å². The zero-order valence-corrected chi connectivity index (χ0v) is 16.1. The van der Waals surface area contributed by atoms with Crippen molar-refractivity contribution in [1.82, 2.24) is 9.62 Å². The minimum absolute atomic E-state index is 0.149. The number of hydrogen-bond acceptors (Lipinski definition) is 4. The van der Waals surface area contributed by atoms with Gasteiger partial charge in [-0.1, -0.05) is 30.3 Å².